The third-order valence-corrected chi connectivity index (χ3v) is 3.24. The van der Waals surface area contributed by atoms with Crippen LogP contribution in [0.15, 0.2) is 30.3 Å². The summed E-state index contributed by atoms with van der Waals surface area (Å²) >= 11 is 5.55. The molecule has 0 bridgehead atoms. The van der Waals surface area contributed by atoms with Gasteiger partial charge in [-0.15, -0.1) is 24.0 Å². The highest BCUT2D eigenvalue weighted by Gasteiger charge is 2.20. The quantitative estimate of drug-likeness (QED) is 0.530. The van der Waals surface area contributed by atoms with E-state index < -0.39 is 12.1 Å². The Balaban J connectivity index is 0.00000441. The van der Waals surface area contributed by atoms with E-state index in [9.17, 15) is 9.59 Å². The summed E-state index contributed by atoms with van der Waals surface area (Å²) in [5.74, 6) is -0.350. The zero-order valence-corrected chi connectivity index (χ0v) is 13.9. The molecule has 0 aliphatic heterocycles. The largest absolute Gasteiger partial charge is 0.445 e. The molecular weight excluding hydrogens is 327 g/mol. The van der Waals surface area contributed by atoms with Crippen molar-refractivity contribution in [2.45, 2.75) is 31.9 Å². The van der Waals surface area contributed by atoms with Gasteiger partial charge in [-0.2, -0.15) is 0 Å². The maximum absolute atomic E-state index is 11.7. The monoisotopic (exact) mass is 348 g/mol. The smallest absolute Gasteiger partial charge is 0.408 e. The lowest BCUT2D eigenvalue weighted by Crippen LogP contribution is -2.41. The lowest BCUT2D eigenvalue weighted by Gasteiger charge is -2.16. The molecule has 0 fully saturated rings. The van der Waals surface area contributed by atoms with Crippen molar-refractivity contribution in [1.82, 2.24) is 5.32 Å². The van der Waals surface area contributed by atoms with E-state index in [1.165, 1.54) is 0 Å². The van der Waals surface area contributed by atoms with Gasteiger partial charge in [0.15, 0.2) is 5.78 Å². The molecule has 0 saturated heterocycles. The summed E-state index contributed by atoms with van der Waals surface area (Å²) < 4.78 is 5.09. The van der Waals surface area contributed by atoms with Gasteiger partial charge in [-0.05, 0) is 31.4 Å². The highest BCUT2D eigenvalue weighted by Crippen LogP contribution is 2.05. The number of amides is 1. The number of nitrogens with two attached hydrogens (primary N) is 1. The lowest BCUT2D eigenvalue weighted by atomic mass is 10.1. The number of benzene rings is 1. The highest BCUT2D eigenvalue weighted by atomic mass is 35.5. The number of unbranched alkanes of at least 4 members (excludes halogenated alkanes) is 1. The average Bonchev–Trinajstić information content (AvgIpc) is 2.52. The fourth-order valence-electron chi connectivity index (χ4n) is 1.81. The minimum Gasteiger partial charge on any atom is -0.445 e. The van der Waals surface area contributed by atoms with Gasteiger partial charge in [-0.3, -0.25) is 4.79 Å². The summed E-state index contributed by atoms with van der Waals surface area (Å²) in [5, 5.41) is 2.56. The molecule has 0 saturated carbocycles. The number of carbonyl (C=O) groups is 2. The first-order chi connectivity index (χ1) is 10.2. The van der Waals surface area contributed by atoms with Gasteiger partial charge in [0.25, 0.3) is 0 Å². The fraction of sp³-hybridized carbons (Fsp3) is 0.467. The minimum absolute atomic E-state index is 0. The highest BCUT2D eigenvalue weighted by molar-refractivity contribution is 6.28. The number of carbonyl (C=O) groups excluding carboxylic acids is 2. The normalized spacial score (nSPS) is 11.2. The molecule has 3 N–H and O–H groups in total. The molecule has 1 aromatic carbocycles. The number of rotatable bonds is 9. The first kappa shape index (κ1) is 20.7. The maximum atomic E-state index is 11.7. The second-order valence-electron chi connectivity index (χ2n) is 4.64. The summed E-state index contributed by atoms with van der Waals surface area (Å²) in [6.07, 6.45) is 1.45. The molecule has 0 aromatic heterocycles. The number of ketones is 1. The van der Waals surface area contributed by atoms with Crippen molar-refractivity contribution < 1.29 is 14.3 Å². The standard InChI is InChI=1S/C15H21ClN2O3.ClH/c16-10-14(19)13(8-4-5-9-17)18-15(20)21-11-12-6-2-1-3-7-12;/h1-3,6-7,13H,4-5,8-11,17H2,(H,18,20);1H. The minimum atomic E-state index is -0.616. The van der Waals surface area contributed by atoms with Crippen molar-refractivity contribution in [1.29, 1.82) is 0 Å². The summed E-state index contributed by atoms with van der Waals surface area (Å²) in [5.41, 5.74) is 6.30. The van der Waals surface area contributed by atoms with Crippen LogP contribution in [0.5, 0.6) is 0 Å². The van der Waals surface area contributed by atoms with Crippen molar-refractivity contribution in [2.75, 3.05) is 12.4 Å². The van der Waals surface area contributed by atoms with Crippen LogP contribution >= 0.6 is 24.0 Å². The summed E-state index contributed by atoms with van der Waals surface area (Å²) in [6.45, 7) is 0.720. The van der Waals surface area contributed by atoms with E-state index in [-0.39, 0.29) is 30.7 Å². The Labute approximate surface area is 141 Å². The SMILES string of the molecule is Cl.NCCCCC(NC(=O)OCc1ccccc1)C(=O)CCl. The van der Waals surface area contributed by atoms with Gasteiger partial charge < -0.3 is 15.8 Å². The van der Waals surface area contributed by atoms with E-state index in [1.54, 1.807) is 0 Å². The van der Waals surface area contributed by atoms with Gasteiger partial charge >= 0.3 is 6.09 Å². The van der Waals surface area contributed by atoms with Crippen LogP contribution in [0.2, 0.25) is 0 Å². The van der Waals surface area contributed by atoms with Crippen LogP contribution in [0.1, 0.15) is 24.8 Å². The Hall–Kier alpha value is -1.30. The number of hydrogen-bond acceptors (Lipinski definition) is 4. The van der Waals surface area contributed by atoms with Crippen LogP contribution in [0.3, 0.4) is 0 Å². The Morgan fingerprint density at radius 3 is 2.50 bits per heavy atom. The molecule has 0 aliphatic rings. The number of Topliss-reactive ketones (excluding diaryl/α,β-unsaturated/α-hetero) is 1. The Morgan fingerprint density at radius 1 is 1.23 bits per heavy atom. The first-order valence-corrected chi connectivity index (χ1v) is 7.46. The molecule has 22 heavy (non-hydrogen) atoms. The van der Waals surface area contributed by atoms with Crippen molar-refractivity contribution in [2.24, 2.45) is 5.73 Å². The summed E-state index contributed by atoms with van der Waals surface area (Å²) in [4.78, 5) is 23.4. The Morgan fingerprint density at radius 2 is 1.91 bits per heavy atom. The van der Waals surface area contributed by atoms with Gasteiger partial charge in [-0.1, -0.05) is 30.3 Å². The Bertz CT molecular complexity index is 444. The molecule has 0 aliphatic carbocycles. The van der Waals surface area contributed by atoms with Crippen molar-refractivity contribution in [3.8, 4) is 0 Å². The van der Waals surface area contributed by atoms with E-state index in [4.69, 9.17) is 22.1 Å². The third kappa shape index (κ3) is 8.22. The molecule has 1 aromatic rings. The molecule has 5 nitrogen and oxygen atoms in total. The zero-order chi connectivity index (χ0) is 15.5. The second-order valence-corrected chi connectivity index (χ2v) is 4.91. The molecule has 0 heterocycles. The number of nitrogens with one attached hydrogen (secondary N) is 1. The second kappa shape index (κ2) is 12.3. The van der Waals surface area contributed by atoms with E-state index in [0.29, 0.717) is 13.0 Å². The van der Waals surface area contributed by atoms with Crippen LogP contribution in [-0.2, 0) is 16.1 Å². The summed E-state index contributed by atoms with van der Waals surface area (Å²) in [7, 11) is 0. The van der Waals surface area contributed by atoms with Gasteiger partial charge in [0, 0.05) is 0 Å². The van der Waals surface area contributed by atoms with Gasteiger partial charge in [-0.25, -0.2) is 4.79 Å². The van der Waals surface area contributed by atoms with Crippen LogP contribution in [0.25, 0.3) is 0 Å². The maximum Gasteiger partial charge on any atom is 0.408 e. The number of alkyl carbamates (subject to hydrolysis) is 1. The van der Waals surface area contributed by atoms with Crippen molar-refractivity contribution >= 4 is 35.9 Å². The van der Waals surface area contributed by atoms with Gasteiger partial charge in [0.1, 0.15) is 6.61 Å². The van der Waals surface area contributed by atoms with Crippen molar-refractivity contribution in [3.63, 3.8) is 0 Å². The zero-order valence-electron chi connectivity index (χ0n) is 12.3. The summed E-state index contributed by atoms with van der Waals surface area (Å²) in [6, 6.07) is 8.71. The van der Waals surface area contributed by atoms with Crippen LogP contribution < -0.4 is 11.1 Å². The van der Waals surface area contributed by atoms with Crippen LogP contribution in [-0.4, -0.2) is 30.3 Å². The van der Waals surface area contributed by atoms with E-state index in [0.717, 1.165) is 18.4 Å². The predicted molar refractivity (Wildman–Crippen MR) is 89.4 cm³/mol. The van der Waals surface area contributed by atoms with E-state index in [2.05, 4.69) is 5.32 Å². The molecule has 0 radical (unpaired) electrons. The molecule has 124 valence electrons. The molecule has 0 spiro atoms. The van der Waals surface area contributed by atoms with Crippen LogP contribution in [0.4, 0.5) is 4.79 Å². The van der Waals surface area contributed by atoms with E-state index >= 15 is 0 Å². The average molecular weight is 349 g/mol. The van der Waals surface area contributed by atoms with Crippen LogP contribution in [0, 0.1) is 0 Å². The molecule has 1 unspecified atom stereocenters. The number of halogens is 2. The molecule has 1 amide bonds. The number of hydrogen-bond donors (Lipinski definition) is 2. The topological polar surface area (TPSA) is 81.4 Å². The van der Waals surface area contributed by atoms with E-state index in [1.807, 2.05) is 30.3 Å². The lowest BCUT2D eigenvalue weighted by molar-refractivity contribution is -0.118. The molecule has 1 atom stereocenters. The Kier molecular flexibility index (Phi) is 11.5. The first-order valence-electron chi connectivity index (χ1n) is 6.93. The van der Waals surface area contributed by atoms with Gasteiger partial charge in [0.2, 0.25) is 0 Å². The molecular formula is C15H22Cl2N2O3. The van der Waals surface area contributed by atoms with Crippen molar-refractivity contribution in [3.05, 3.63) is 35.9 Å². The number of ether oxygens (including phenoxy) is 1. The molecule has 1 rings (SSSR count). The van der Waals surface area contributed by atoms with Gasteiger partial charge in [0.05, 0.1) is 11.9 Å². The predicted octanol–water partition coefficient (Wildman–Crippen LogP) is 2.64. The fourth-order valence-corrected chi connectivity index (χ4v) is 1.99. The third-order valence-electron chi connectivity index (χ3n) is 2.97. The number of alkyl halides is 1. The molecule has 7 heteroatoms.